The normalized spacial score (nSPS) is 17.4. The van der Waals surface area contributed by atoms with E-state index in [9.17, 15) is 4.79 Å². The molecule has 3 heteroatoms. The van der Waals surface area contributed by atoms with E-state index in [4.69, 9.17) is 5.73 Å². The van der Waals surface area contributed by atoms with E-state index >= 15 is 0 Å². The number of benzene rings is 1. The van der Waals surface area contributed by atoms with Gasteiger partial charge >= 0.3 is 0 Å². The molecule has 3 N–H and O–H groups in total. The lowest BCUT2D eigenvalue weighted by Crippen LogP contribution is -2.40. The molecule has 0 aromatic heterocycles. The zero-order chi connectivity index (χ0) is 13.7. The van der Waals surface area contributed by atoms with Crippen LogP contribution in [-0.2, 0) is 11.2 Å². The number of nitrogens with two attached hydrogens (primary N) is 1. The minimum absolute atomic E-state index is 0.0933. The SMILES string of the molecule is CCCc1ccc(NC(=O)C2(CN)CCCC2)cc1. The first-order chi connectivity index (χ1) is 9.20. The zero-order valence-electron chi connectivity index (χ0n) is 11.7. The van der Waals surface area contributed by atoms with E-state index in [0.29, 0.717) is 6.54 Å². The molecule has 104 valence electrons. The van der Waals surface area contributed by atoms with Crippen molar-refractivity contribution in [3.8, 4) is 0 Å². The van der Waals surface area contributed by atoms with Crippen LogP contribution in [0, 0.1) is 5.41 Å². The van der Waals surface area contributed by atoms with E-state index in [0.717, 1.165) is 44.2 Å². The highest BCUT2D eigenvalue weighted by Gasteiger charge is 2.39. The molecule has 0 spiro atoms. The lowest BCUT2D eigenvalue weighted by Gasteiger charge is -2.25. The number of hydrogen-bond donors (Lipinski definition) is 2. The third-order valence-corrected chi connectivity index (χ3v) is 4.18. The number of amides is 1. The van der Waals surface area contributed by atoms with Gasteiger partial charge in [-0.1, -0.05) is 38.3 Å². The topological polar surface area (TPSA) is 55.1 Å². The summed E-state index contributed by atoms with van der Waals surface area (Å²) in [6.45, 7) is 2.62. The zero-order valence-corrected chi connectivity index (χ0v) is 11.7. The molecule has 1 aromatic rings. The van der Waals surface area contributed by atoms with E-state index in [1.165, 1.54) is 5.56 Å². The number of rotatable bonds is 5. The molecule has 1 aromatic carbocycles. The van der Waals surface area contributed by atoms with Crippen LogP contribution >= 0.6 is 0 Å². The first kappa shape index (κ1) is 14.1. The summed E-state index contributed by atoms with van der Waals surface area (Å²) in [5.41, 5.74) is 7.69. The number of anilines is 1. The fourth-order valence-corrected chi connectivity index (χ4v) is 2.88. The Bertz CT molecular complexity index is 419. The molecule has 2 rings (SSSR count). The van der Waals surface area contributed by atoms with Gasteiger partial charge in [0.15, 0.2) is 0 Å². The maximum Gasteiger partial charge on any atom is 0.231 e. The van der Waals surface area contributed by atoms with E-state index in [1.54, 1.807) is 0 Å². The van der Waals surface area contributed by atoms with Gasteiger partial charge in [0.25, 0.3) is 0 Å². The largest absolute Gasteiger partial charge is 0.329 e. The third-order valence-electron chi connectivity index (χ3n) is 4.18. The number of aryl methyl sites for hydroxylation is 1. The maximum atomic E-state index is 12.4. The van der Waals surface area contributed by atoms with E-state index in [-0.39, 0.29) is 11.3 Å². The Morgan fingerprint density at radius 1 is 1.26 bits per heavy atom. The van der Waals surface area contributed by atoms with Crippen molar-refractivity contribution >= 4 is 11.6 Å². The second kappa shape index (κ2) is 6.20. The van der Waals surface area contributed by atoms with Crippen molar-refractivity contribution in [3.05, 3.63) is 29.8 Å². The summed E-state index contributed by atoms with van der Waals surface area (Å²) in [7, 11) is 0. The Hall–Kier alpha value is -1.35. The summed E-state index contributed by atoms with van der Waals surface area (Å²) in [5.74, 6) is 0.0933. The maximum absolute atomic E-state index is 12.4. The Labute approximate surface area is 115 Å². The molecule has 1 saturated carbocycles. The second-order valence-electron chi connectivity index (χ2n) is 5.59. The monoisotopic (exact) mass is 260 g/mol. The Morgan fingerprint density at radius 3 is 2.42 bits per heavy atom. The molecule has 0 radical (unpaired) electrons. The molecular formula is C16H24N2O. The Kier molecular flexibility index (Phi) is 4.59. The quantitative estimate of drug-likeness (QED) is 0.854. The predicted molar refractivity (Wildman–Crippen MR) is 79.0 cm³/mol. The number of nitrogens with one attached hydrogen (secondary N) is 1. The van der Waals surface area contributed by atoms with Gasteiger partial charge in [0.05, 0.1) is 5.41 Å². The molecule has 0 atom stereocenters. The average molecular weight is 260 g/mol. The minimum atomic E-state index is -0.331. The highest BCUT2D eigenvalue weighted by atomic mass is 16.2. The average Bonchev–Trinajstić information content (AvgIpc) is 2.91. The van der Waals surface area contributed by atoms with Gasteiger partial charge in [-0.2, -0.15) is 0 Å². The lowest BCUT2D eigenvalue weighted by molar-refractivity contribution is -0.124. The van der Waals surface area contributed by atoms with Crippen LogP contribution in [0.1, 0.15) is 44.6 Å². The van der Waals surface area contributed by atoms with Crippen molar-refractivity contribution in [3.63, 3.8) is 0 Å². The van der Waals surface area contributed by atoms with Crippen molar-refractivity contribution in [2.45, 2.75) is 45.4 Å². The van der Waals surface area contributed by atoms with Crippen LogP contribution in [0.15, 0.2) is 24.3 Å². The summed E-state index contributed by atoms with van der Waals surface area (Å²) in [4.78, 5) is 12.4. The van der Waals surface area contributed by atoms with E-state index in [1.807, 2.05) is 12.1 Å². The summed E-state index contributed by atoms with van der Waals surface area (Å²) >= 11 is 0. The first-order valence-corrected chi connectivity index (χ1v) is 7.31. The fourth-order valence-electron chi connectivity index (χ4n) is 2.88. The number of carbonyl (C=O) groups excluding carboxylic acids is 1. The van der Waals surface area contributed by atoms with Crippen molar-refractivity contribution in [1.82, 2.24) is 0 Å². The van der Waals surface area contributed by atoms with Crippen LogP contribution in [0.4, 0.5) is 5.69 Å². The highest BCUT2D eigenvalue weighted by Crippen LogP contribution is 2.38. The van der Waals surface area contributed by atoms with Crippen molar-refractivity contribution in [1.29, 1.82) is 0 Å². The molecule has 1 amide bonds. The third kappa shape index (κ3) is 3.16. The summed E-state index contributed by atoms with van der Waals surface area (Å²) < 4.78 is 0. The van der Waals surface area contributed by atoms with E-state index < -0.39 is 0 Å². The Balaban J connectivity index is 2.02. The van der Waals surface area contributed by atoms with E-state index in [2.05, 4.69) is 24.4 Å². The summed E-state index contributed by atoms with van der Waals surface area (Å²) in [6, 6.07) is 8.15. The molecule has 0 bridgehead atoms. The predicted octanol–water partition coefficient (Wildman–Crippen LogP) is 3.10. The van der Waals surface area contributed by atoms with Crippen molar-refractivity contribution < 1.29 is 4.79 Å². The molecule has 19 heavy (non-hydrogen) atoms. The van der Waals surface area contributed by atoms with Gasteiger partial charge in [0, 0.05) is 12.2 Å². The van der Waals surface area contributed by atoms with Gasteiger partial charge in [-0.25, -0.2) is 0 Å². The summed E-state index contributed by atoms with van der Waals surface area (Å²) in [6.07, 6.45) is 6.29. The van der Waals surface area contributed by atoms with Gasteiger partial charge in [-0.3, -0.25) is 4.79 Å². The smallest absolute Gasteiger partial charge is 0.231 e. The molecule has 1 aliphatic rings. The molecule has 3 nitrogen and oxygen atoms in total. The molecule has 0 unspecified atom stereocenters. The molecule has 0 saturated heterocycles. The van der Waals surface area contributed by atoms with Crippen LogP contribution in [0.3, 0.4) is 0 Å². The standard InChI is InChI=1S/C16H24N2O/c1-2-5-13-6-8-14(9-7-13)18-15(19)16(12-17)10-3-4-11-16/h6-9H,2-5,10-12,17H2,1H3,(H,18,19). The second-order valence-corrected chi connectivity index (χ2v) is 5.59. The van der Waals surface area contributed by atoms with Crippen LogP contribution in [0.2, 0.25) is 0 Å². The van der Waals surface area contributed by atoms with Gasteiger partial charge in [-0.05, 0) is 37.0 Å². The number of hydrogen-bond acceptors (Lipinski definition) is 2. The molecular weight excluding hydrogens is 236 g/mol. The van der Waals surface area contributed by atoms with Gasteiger partial charge in [0.2, 0.25) is 5.91 Å². The first-order valence-electron chi connectivity index (χ1n) is 7.31. The van der Waals surface area contributed by atoms with Crippen LogP contribution in [0.25, 0.3) is 0 Å². The molecule has 0 aliphatic heterocycles. The van der Waals surface area contributed by atoms with Crippen LogP contribution in [-0.4, -0.2) is 12.5 Å². The molecule has 1 aliphatic carbocycles. The molecule has 0 heterocycles. The highest BCUT2D eigenvalue weighted by molar-refractivity contribution is 5.95. The minimum Gasteiger partial charge on any atom is -0.329 e. The fraction of sp³-hybridized carbons (Fsp3) is 0.562. The Morgan fingerprint density at radius 2 is 1.89 bits per heavy atom. The number of carbonyl (C=O) groups is 1. The van der Waals surface area contributed by atoms with Crippen LogP contribution in [0.5, 0.6) is 0 Å². The summed E-state index contributed by atoms with van der Waals surface area (Å²) in [5, 5.41) is 3.03. The van der Waals surface area contributed by atoms with Gasteiger partial charge in [-0.15, -0.1) is 0 Å². The molecule has 1 fully saturated rings. The van der Waals surface area contributed by atoms with Crippen LogP contribution < -0.4 is 11.1 Å². The van der Waals surface area contributed by atoms with Crippen molar-refractivity contribution in [2.24, 2.45) is 11.1 Å². The van der Waals surface area contributed by atoms with Crippen molar-refractivity contribution in [2.75, 3.05) is 11.9 Å². The lowest BCUT2D eigenvalue weighted by atomic mass is 9.85. The van der Waals surface area contributed by atoms with Gasteiger partial charge < -0.3 is 11.1 Å². The van der Waals surface area contributed by atoms with Gasteiger partial charge in [0.1, 0.15) is 0 Å².